The summed E-state index contributed by atoms with van der Waals surface area (Å²) in [6.45, 7) is 3.24. The first-order chi connectivity index (χ1) is 19.8. The molecule has 0 aliphatic carbocycles. The average molecular weight is 579 g/mol. The van der Waals surface area contributed by atoms with Gasteiger partial charge in [-0.1, -0.05) is 89.5 Å². The van der Waals surface area contributed by atoms with E-state index in [-0.39, 0.29) is 24.8 Å². The summed E-state index contributed by atoms with van der Waals surface area (Å²) in [6, 6.07) is -1.39. The van der Waals surface area contributed by atoms with Crippen LogP contribution < -0.4 is 10.6 Å². The zero-order valence-corrected chi connectivity index (χ0v) is 25.3. The zero-order chi connectivity index (χ0) is 30.6. The molecule has 9 heteroatoms. The van der Waals surface area contributed by atoms with Crippen LogP contribution in [0.25, 0.3) is 0 Å². The number of ether oxygens (including phenoxy) is 1. The third-order valence-corrected chi connectivity index (χ3v) is 6.36. The number of esters is 1. The second kappa shape index (κ2) is 27.2. The highest BCUT2D eigenvalue weighted by molar-refractivity contribution is 5.87. The third-order valence-electron chi connectivity index (χ3n) is 6.36. The molecule has 0 saturated carbocycles. The summed E-state index contributed by atoms with van der Waals surface area (Å²) in [5.74, 6) is -2.48. The van der Waals surface area contributed by atoms with Crippen LogP contribution in [0.3, 0.4) is 0 Å². The Labute approximate surface area is 246 Å². The van der Waals surface area contributed by atoms with Crippen molar-refractivity contribution in [3.8, 4) is 0 Å². The highest BCUT2D eigenvalue weighted by Gasteiger charge is 2.18. The van der Waals surface area contributed by atoms with Crippen LogP contribution >= 0.6 is 0 Å². The van der Waals surface area contributed by atoms with Crippen LogP contribution in [0, 0.1) is 0 Å². The number of aliphatic hydroxyl groups is 1. The lowest BCUT2D eigenvalue weighted by molar-refractivity contribution is -0.145. The van der Waals surface area contributed by atoms with E-state index in [1.54, 1.807) is 0 Å². The molecule has 0 aromatic carbocycles. The molecule has 2 unspecified atom stereocenters. The first kappa shape index (κ1) is 38.1. The van der Waals surface area contributed by atoms with Crippen LogP contribution in [0.4, 0.5) is 0 Å². The Morgan fingerprint density at radius 1 is 0.756 bits per heavy atom. The molecule has 0 aromatic heterocycles. The molecule has 0 aliphatic heterocycles. The molecule has 0 bridgehead atoms. The van der Waals surface area contributed by atoms with Gasteiger partial charge in [0.25, 0.3) is 0 Å². The minimum atomic E-state index is -1.39. The molecule has 9 nitrogen and oxygen atoms in total. The number of aliphatic carboxylic acids is 1. The summed E-state index contributed by atoms with van der Waals surface area (Å²) in [5, 5.41) is 22.3. The van der Waals surface area contributed by atoms with Gasteiger partial charge in [0.1, 0.15) is 12.1 Å². The van der Waals surface area contributed by atoms with Crippen molar-refractivity contribution in [1.29, 1.82) is 0 Å². The molecule has 2 amide bonds. The van der Waals surface area contributed by atoms with Crippen molar-refractivity contribution in [3.63, 3.8) is 0 Å². The Hall–Kier alpha value is -2.94. The summed E-state index contributed by atoms with van der Waals surface area (Å²) >= 11 is 0. The molecule has 0 spiro atoms. The van der Waals surface area contributed by atoms with Crippen molar-refractivity contribution < 1.29 is 34.1 Å². The van der Waals surface area contributed by atoms with Crippen LogP contribution in [0.5, 0.6) is 0 Å². The van der Waals surface area contributed by atoms with E-state index in [9.17, 15) is 19.2 Å². The quantitative estimate of drug-likeness (QED) is 0.0601. The maximum atomic E-state index is 12.4. The standard InChI is InChI=1S/C32H54N2O7/c1-3-5-7-9-10-11-16-20-24-31(38)41-27(21-17-13-8-6-4-2)22-18-14-12-15-19-23-29(36)33-25-30(37)34-28(26-35)32(39)40/h6,8,17-18,21-22,27-28,35H,3-5,7,9-16,19-20,23-26H2,1-2H3,(H,33,36)(H,34,37)(H,39,40)/b8-6-,21-17-,22-18-. The van der Waals surface area contributed by atoms with Crippen molar-refractivity contribution in [2.45, 2.75) is 129 Å². The molecule has 41 heavy (non-hydrogen) atoms. The Morgan fingerprint density at radius 3 is 2.05 bits per heavy atom. The monoisotopic (exact) mass is 578 g/mol. The largest absolute Gasteiger partial charge is 0.480 e. The molecule has 0 fully saturated rings. The van der Waals surface area contributed by atoms with Crippen molar-refractivity contribution in [2.24, 2.45) is 0 Å². The highest BCUT2D eigenvalue weighted by Crippen LogP contribution is 2.11. The van der Waals surface area contributed by atoms with Gasteiger partial charge in [0, 0.05) is 12.8 Å². The fourth-order valence-electron chi connectivity index (χ4n) is 3.96. The second-order valence-corrected chi connectivity index (χ2v) is 10.2. The molecule has 0 saturated heterocycles. The van der Waals surface area contributed by atoms with E-state index >= 15 is 0 Å². The molecule has 234 valence electrons. The van der Waals surface area contributed by atoms with E-state index in [1.807, 2.05) is 24.3 Å². The van der Waals surface area contributed by atoms with Crippen LogP contribution in [0.1, 0.15) is 117 Å². The molecule has 2 atom stereocenters. The molecule has 0 aliphatic rings. The van der Waals surface area contributed by atoms with Gasteiger partial charge in [0.05, 0.1) is 13.2 Å². The Kier molecular flexibility index (Phi) is 25.3. The van der Waals surface area contributed by atoms with Gasteiger partial charge >= 0.3 is 11.9 Å². The van der Waals surface area contributed by atoms with Crippen molar-refractivity contribution >= 4 is 23.8 Å². The number of carboxylic acids is 1. The topological polar surface area (TPSA) is 142 Å². The zero-order valence-electron chi connectivity index (χ0n) is 25.3. The second-order valence-electron chi connectivity index (χ2n) is 10.2. The number of carboxylic acid groups (broad SMARTS) is 1. The molecule has 4 N–H and O–H groups in total. The summed E-state index contributed by atoms with van der Waals surface area (Å²) < 4.78 is 5.70. The Balaban J connectivity index is 4.32. The molecule has 0 rings (SSSR count). The van der Waals surface area contributed by atoms with Crippen LogP contribution in [-0.4, -0.2) is 59.3 Å². The number of nitrogens with one attached hydrogen (secondary N) is 2. The summed E-state index contributed by atoms with van der Waals surface area (Å²) in [5.41, 5.74) is 0. The fourth-order valence-corrected chi connectivity index (χ4v) is 3.96. The molecular formula is C32H54N2O7. The van der Waals surface area contributed by atoms with Gasteiger partial charge in [-0.25, -0.2) is 4.79 Å². The lowest BCUT2D eigenvalue weighted by Gasteiger charge is -2.12. The Bertz CT molecular complexity index is 808. The summed E-state index contributed by atoms with van der Waals surface area (Å²) in [4.78, 5) is 46.8. The molecular weight excluding hydrogens is 524 g/mol. The number of rotatable bonds is 26. The van der Waals surface area contributed by atoms with Gasteiger partial charge in [-0.3, -0.25) is 14.4 Å². The van der Waals surface area contributed by atoms with E-state index in [0.717, 1.165) is 44.9 Å². The predicted octanol–water partition coefficient (Wildman–Crippen LogP) is 5.53. The highest BCUT2D eigenvalue weighted by atomic mass is 16.5. The average Bonchev–Trinajstić information content (AvgIpc) is 2.95. The van der Waals surface area contributed by atoms with Gasteiger partial charge < -0.3 is 25.6 Å². The first-order valence-corrected chi connectivity index (χ1v) is 15.4. The van der Waals surface area contributed by atoms with Crippen LogP contribution in [-0.2, 0) is 23.9 Å². The minimum Gasteiger partial charge on any atom is -0.480 e. The number of carbonyl (C=O) groups is 4. The van der Waals surface area contributed by atoms with Crippen LogP contribution in [0.15, 0.2) is 36.5 Å². The van der Waals surface area contributed by atoms with E-state index in [1.165, 1.54) is 38.5 Å². The smallest absolute Gasteiger partial charge is 0.328 e. The van der Waals surface area contributed by atoms with Crippen LogP contribution in [0.2, 0.25) is 0 Å². The number of carbonyl (C=O) groups excluding carboxylic acids is 3. The number of aliphatic hydroxyl groups excluding tert-OH is 1. The van der Waals surface area contributed by atoms with Crippen molar-refractivity contribution in [1.82, 2.24) is 10.6 Å². The lowest BCUT2D eigenvalue weighted by atomic mass is 10.1. The van der Waals surface area contributed by atoms with E-state index in [4.69, 9.17) is 14.9 Å². The number of allylic oxidation sites excluding steroid dienone is 4. The van der Waals surface area contributed by atoms with E-state index < -0.39 is 30.6 Å². The Morgan fingerprint density at radius 2 is 1.39 bits per heavy atom. The number of hydrogen-bond donors (Lipinski definition) is 4. The summed E-state index contributed by atoms with van der Waals surface area (Å²) in [6.07, 6.45) is 26.7. The maximum absolute atomic E-state index is 12.4. The molecule has 0 aromatic rings. The predicted molar refractivity (Wildman–Crippen MR) is 162 cm³/mol. The lowest BCUT2D eigenvalue weighted by Crippen LogP contribution is -2.47. The summed E-state index contributed by atoms with van der Waals surface area (Å²) in [7, 11) is 0. The van der Waals surface area contributed by atoms with E-state index in [0.29, 0.717) is 12.8 Å². The number of hydrogen-bond acceptors (Lipinski definition) is 6. The van der Waals surface area contributed by atoms with Gasteiger partial charge in [0.15, 0.2) is 0 Å². The van der Waals surface area contributed by atoms with Gasteiger partial charge in [0.2, 0.25) is 11.8 Å². The van der Waals surface area contributed by atoms with Crippen molar-refractivity contribution in [2.75, 3.05) is 13.2 Å². The number of amides is 2. The maximum Gasteiger partial charge on any atom is 0.328 e. The van der Waals surface area contributed by atoms with Gasteiger partial charge in [-0.05, 0) is 50.7 Å². The SMILES string of the molecule is CC/C=C\C/C=C\C(/C=C\CCCCCC(=O)NCC(=O)NC(CO)C(=O)O)OC(=O)CCCCCCCCCC. The molecule has 0 radical (unpaired) electrons. The van der Waals surface area contributed by atoms with Crippen molar-refractivity contribution in [3.05, 3.63) is 36.5 Å². The first-order valence-electron chi connectivity index (χ1n) is 15.4. The van der Waals surface area contributed by atoms with E-state index in [2.05, 4.69) is 36.6 Å². The number of unbranched alkanes of at least 4 members (excludes halogenated alkanes) is 10. The fraction of sp³-hybridized carbons (Fsp3) is 0.688. The normalized spacial score (nSPS) is 13.0. The van der Waals surface area contributed by atoms with Gasteiger partial charge in [-0.15, -0.1) is 0 Å². The minimum absolute atomic E-state index is 0.172. The van der Waals surface area contributed by atoms with Gasteiger partial charge in [-0.2, -0.15) is 0 Å². The molecule has 0 heterocycles. The third kappa shape index (κ3) is 24.6.